The van der Waals surface area contributed by atoms with Gasteiger partial charge in [-0.3, -0.25) is 0 Å². The molecule has 15 heavy (non-hydrogen) atoms. The number of hydrogen-bond donors (Lipinski definition) is 2. The summed E-state index contributed by atoms with van der Waals surface area (Å²) in [6, 6.07) is 4.54. The standard InChI is InChI=1S/C10H13NO3S/c1-15(13,14)10-8(5-3-7-11)4-2-6-9(10)12/h2-6,12H,7,11H2,1H3/b5-3+. The number of benzene rings is 1. The number of phenols is 1. The Morgan fingerprint density at radius 1 is 1.47 bits per heavy atom. The highest BCUT2D eigenvalue weighted by Gasteiger charge is 2.16. The summed E-state index contributed by atoms with van der Waals surface area (Å²) in [5.74, 6) is -0.239. The van der Waals surface area contributed by atoms with Gasteiger partial charge in [0.05, 0.1) is 0 Å². The van der Waals surface area contributed by atoms with E-state index in [2.05, 4.69) is 0 Å². The molecule has 1 rings (SSSR count). The van der Waals surface area contributed by atoms with Crippen LogP contribution in [0, 0.1) is 0 Å². The van der Waals surface area contributed by atoms with Crippen LogP contribution in [0.4, 0.5) is 0 Å². The molecule has 0 atom stereocenters. The fourth-order valence-corrected chi connectivity index (χ4v) is 2.28. The second kappa shape index (κ2) is 4.46. The van der Waals surface area contributed by atoms with Gasteiger partial charge in [0.2, 0.25) is 0 Å². The molecule has 0 radical (unpaired) electrons. The third-order valence-electron chi connectivity index (χ3n) is 1.83. The van der Waals surface area contributed by atoms with Crippen LogP contribution in [0.25, 0.3) is 6.08 Å². The maximum Gasteiger partial charge on any atom is 0.179 e. The van der Waals surface area contributed by atoms with Gasteiger partial charge in [0, 0.05) is 12.8 Å². The minimum Gasteiger partial charge on any atom is -0.507 e. The summed E-state index contributed by atoms with van der Waals surface area (Å²) in [6.07, 6.45) is 4.27. The summed E-state index contributed by atoms with van der Waals surface area (Å²) in [6.45, 7) is 0.318. The van der Waals surface area contributed by atoms with E-state index >= 15 is 0 Å². The van der Waals surface area contributed by atoms with Crippen molar-refractivity contribution in [2.45, 2.75) is 4.90 Å². The number of hydrogen-bond acceptors (Lipinski definition) is 4. The molecule has 0 aliphatic carbocycles. The molecule has 1 aromatic carbocycles. The maximum atomic E-state index is 11.4. The first-order valence-electron chi connectivity index (χ1n) is 4.35. The van der Waals surface area contributed by atoms with Gasteiger partial charge < -0.3 is 10.8 Å². The minimum atomic E-state index is -3.44. The highest BCUT2D eigenvalue weighted by Crippen LogP contribution is 2.27. The SMILES string of the molecule is CS(=O)(=O)c1c(O)cccc1/C=C/CN. The van der Waals surface area contributed by atoms with Crippen molar-refractivity contribution in [2.75, 3.05) is 12.8 Å². The molecule has 0 bridgehead atoms. The van der Waals surface area contributed by atoms with Gasteiger partial charge in [-0.25, -0.2) is 8.42 Å². The van der Waals surface area contributed by atoms with E-state index in [9.17, 15) is 13.5 Å². The Bertz CT molecular complexity index is 477. The third-order valence-corrected chi connectivity index (χ3v) is 3.02. The molecule has 0 spiro atoms. The van der Waals surface area contributed by atoms with Crippen molar-refractivity contribution in [3.8, 4) is 5.75 Å². The van der Waals surface area contributed by atoms with Gasteiger partial charge in [0.1, 0.15) is 10.6 Å². The normalized spacial score (nSPS) is 12.1. The monoisotopic (exact) mass is 227 g/mol. The fourth-order valence-electron chi connectivity index (χ4n) is 1.27. The molecule has 0 aromatic heterocycles. The Labute approximate surface area is 89.0 Å². The second-order valence-electron chi connectivity index (χ2n) is 3.11. The lowest BCUT2D eigenvalue weighted by Crippen LogP contribution is -2.01. The molecule has 0 saturated carbocycles. The second-order valence-corrected chi connectivity index (χ2v) is 5.06. The van der Waals surface area contributed by atoms with Crippen LogP contribution in [0.3, 0.4) is 0 Å². The van der Waals surface area contributed by atoms with E-state index in [4.69, 9.17) is 5.73 Å². The van der Waals surface area contributed by atoms with Crippen LogP contribution in [-0.2, 0) is 9.84 Å². The molecule has 82 valence electrons. The number of aromatic hydroxyl groups is 1. The number of phenolic OH excluding ortho intramolecular Hbond substituents is 1. The van der Waals surface area contributed by atoms with E-state index in [1.807, 2.05) is 0 Å². The van der Waals surface area contributed by atoms with Gasteiger partial charge in [0.15, 0.2) is 9.84 Å². The van der Waals surface area contributed by atoms with Crippen molar-refractivity contribution < 1.29 is 13.5 Å². The molecule has 0 saturated heterocycles. The van der Waals surface area contributed by atoms with Crippen LogP contribution in [-0.4, -0.2) is 26.3 Å². The van der Waals surface area contributed by atoms with Crippen LogP contribution in [0.5, 0.6) is 5.75 Å². The van der Waals surface area contributed by atoms with Gasteiger partial charge in [-0.15, -0.1) is 0 Å². The molecule has 1 aromatic rings. The summed E-state index contributed by atoms with van der Waals surface area (Å²) in [5, 5.41) is 9.48. The lowest BCUT2D eigenvalue weighted by molar-refractivity contribution is 0.459. The average molecular weight is 227 g/mol. The molecule has 0 fully saturated rings. The van der Waals surface area contributed by atoms with Gasteiger partial charge in [-0.1, -0.05) is 24.3 Å². The topological polar surface area (TPSA) is 80.4 Å². The van der Waals surface area contributed by atoms with E-state index in [-0.39, 0.29) is 10.6 Å². The Hall–Kier alpha value is -1.33. The quantitative estimate of drug-likeness (QED) is 0.799. The molecule has 5 heteroatoms. The third kappa shape index (κ3) is 2.81. The molecule has 0 aliphatic rings. The van der Waals surface area contributed by atoms with Crippen molar-refractivity contribution in [1.82, 2.24) is 0 Å². The predicted octanol–water partition coefficient (Wildman–Crippen LogP) is 0.768. The molecular formula is C10H13NO3S. The maximum absolute atomic E-state index is 11.4. The van der Waals surface area contributed by atoms with E-state index in [1.165, 1.54) is 6.07 Å². The van der Waals surface area contributed by atoms with Crippen LogP contribution in [0.15, 0.2) is 29.2 Å². The van der Waals surface area contributed by atoms with Gasteiger partial charge in [0.25, 0.3) is 0 Å². The zero-order valence-electron chi connectivity index (χ0n) is 8.34. The highest BCUT2D eigenvalue weighted by atomic mass is 32.2. The molecule has 0 unspecified atom stereocenters. The summed E-state index contributed by atoms with van der Waals surface area (Å²) >= 11 is 0. The predicted molar refractivity (Wildman–Crippen MR) is 59.3 cm³/mol. The minimum absolute atomic E-state index is 0.0605. The lowest BCUT2D eigenvalue weighted by atomic mass is 10.2. The van der Waals surface area contributed by atoms with E-state index < -0.39 is 9.84 Å². The van der Waals surface area contributed by atoms with E-state index in [0.29, 0.717) is 12.1 Å². The molecular weight excluding hydrogens is 214 g/mol. The number of nitrogens with two attached hydrogens (primary N) is 1. The number of sulfone groups is 1. The molecule has 0 heterocycles. The highest BCUT2D eigenvalue weighted by molar-refractivity contribution is 7.90. The Morgan fingerprint density at radius 2 is 2.13 bits per heavy atom. The van der Waals surface area contributed by atoms with Gasteiger partial charge in [-0.2, -0.15) is 0 Å². The lowest BCUT2D eigenvalue weighted by Gasteiger charge is -2.05. The van der Waals surface area contributed by atoms with Gasteiger partial charge in [-0.05, 0) is 11.6 Å². The molecule has 3 N–H and O–H groups in total. The zero-order chi connectivity index (χ0) is 11.5. The van der Waals surface area contributed by atoms with Crippen molar-refractivity contribution >= 4 is 15.9 Å². The number of rotatable bonds is 3. The van der Waals surface area contributed by atoms with Crippen LogP contribution < -0.4 is 5.73 Å². The largest absolute Gasteiger partial charge is 0.507 e. The first kappa shape index (κ1) is 11.7. The summed E-state index contributed by atoms with van der Waals surface area (Å²) < 4.78 is 22.8. The average Bonchev–Trinajstić information content (AvgIpc) is 2.12. The van der Waals surface area contributed by atoms with E-state index in [1.54, 1.807) is 24.3 Å². The van der Waals surface area contributed by atoms with Crippen molar-refractivity contribution in [3.05, 3.63) is 29.8 Å². The Morgan fingerprint density at radius 3 is 2.67 bits per heavy atom. The zero-order valence-corrected chi connectivity index (χ0v) is 9.16. The van der Waals surface area contributed by atoms with Crippen molar-refractivity contribution in [2.24, 2.45) is 5.73 Å². The van der Waals surface area contributed by atoms with Gasteiger partial charge >= 0.3 is 0 Å². The molecule has 0 aliphatic heterocycles. The first-order chi connectivity index (χ1) is 6.96. The smallest absolute Gasteiger partial charge is 0.179 e. The molecule has 0 amide bonds. The summed E-state index contributed by atoms with van der Waals surface area (Å²) in [5.41, 5.74) is 5.72. The van der Waals surface area contributed by atoms with Crippen LogP contribution >= 0.6 is 0 Å². The molecule has 4 nitrogen and oxygen atoms in total. The Balaban J connectivity index is 3.40. The van der Waals surface area contributed by atoms with Crippen molar-refractivity contribution in [1.29, 1.82) is 0 Å². The Kier molecular flexibility index (Phi) is 3.49. The van der Waals surface area contributed by atoms with Crippen molar-refractivity contribution in [3.63, 3.8) is 0 Å². The van der Waals surface area contributed by atoms with Crippen LogP contribution in [0.1, 0.15) is 5.56 Å². The first-order valence-corrected chi connectivity index (χ1v) is 6.24. The summed E-state index contributed by atoms with van der Waals surface area (Å²) in [4.78, 5) is -0.0605. The van der Waals surface area contributed by atoms with E-state index in [0.717, 1.165) is 6.26 Å². The summed E-state index contributed by atoms with van der Waals surface area (Å²) in [7, 11) is -3.44. The fraction of sp³-hybridized carbons (Fsp3) is 0.200. The van der Waals surface area contributed by atoms with Crippen LogP contribution in [0.2, 0.25) is 0 Å².